The number of aromatic nitrogens is 1. The van der Waals surface area contributed by atoms with E-state index in [0.717, 1.165) is 5.75 Å². The van der Waals surface area contributed by atoms with E-state index in [2.05, 4.69) is 9.72 Å². The second-order valence-electron chi connectivity index (χ2n) is 4.12. The highest BCUT2D eigenvalue weighted by Gasteiger charge is 2.15. The van der Waals surface area contributed by atoms with Gasteiger partial charge in [-0.05, 0) is 18.2 Å². The summed E-state index contributed by atoms with van der Waals surface area (Å²) in [7, 11) is 1.29. The van der Waals surface area contributed by atoms with Gasteiger partial charge in [0.1, 0.15) is 24.5 Å². The highest BCUT2D eigenvalue weighted by molar-refractivity contribution is 5.92. The van der Waals surface area contributed by atoms with Crippen LogP contribution < -0.4 is 15.2 Å². The maximum absolute atomic E-state index is 11.6. The van der Waals surface area contributed by atoms with Crippen molar-refractivity contribution in [2.75, 3.05) is 26.1 Å². The predicted octanol–water partition coefficient (Wildman–Crippen LogP) is 1.91. The number of methoxy groups -OCH3 is 1. The largest absolute Gasteiger partial charge is 0.490 e. The van der Waals surface area contributed by atoms with Crippen LogP contribution in [0.5, 0.6) is 11.6 Å². The van der Waals surface area contributed by atoms with E-state index in [1.807, 2.05) is 30.3 Å². The molecule has 0 bridgehead atoms. The average molecular weight is 288 g/mol. The molecule has 2 rings (SSSR count). The Morgan fingerprint density at radius 2 is 1.90 bits per heavy atom. The summed E-state index contributed by atoms with van der Waals surface area (Å²) in [6.07, 6.45) is 1.42. The second-order valence-corrected chi connectivity index (χ2v) is 4.12. The van der Waals surface area contributed by atoms with E-state index in [1.165, 1.54) is 19.4 Å². The molecule has 6 nitrogen and oxygen atoms in total. The number of pyridine rings is 1. The summed E-state index contributed by atoms with van der Waals surface area (Å²) in [6.45, 7) is 0.576. The van der Waals surface area contributed by atoms with Gasteiger partial charge in [0, 0.05) is 0 Å². The first-order valence-electron chi connectivity index (χ1n) is 6.35. The number of anilines is 1. The van der Waals surface area contributed by atoms with Crippen LogP contribution >= 0.6 is 0 Å². The standard InChI is InChI=1S/C15H16N2O4/c1-19-15(18)13-9-11(16)10-17-14(13)21-8-7-20-12-5-3-2-4-6-12/h2-6,9-10H,7-8,16H2,1H3. The van der Waals surface area contributed by atoms with Gasteiger partial charge in [0.2, 0.25) is 5.88 Å². The van der Waals surface area contributed by atoms with Gasteiger partial charge in [0.25, 0.3) is 0 Å². The molecule has 0 aliphatic heterocycles. The Balaban J connectivity index is 1.92. The number of nitrogens with two attached hydrogens (primary N) is 1. The Kier molecular flexibility index (Phi) is 4.98. The van der Waals surface area contributed by atoms with Crippen LogP contribution in [0.4, 0.5) is 5.69 Å². The summed E-state index contributed by atoms with van der Waals surface area (Å²) < 4.78 is 15.6. The van der Waals surface area contributed by atoms with Crippen LogP contribution in [0.2, 0.25) is 0 Å². The lowest BCUT2D eigenvalue weighted by Crippen LogP contribution is -2.13. The van der Waals surface area contributed by atoms with E-state index in [0.29, 0.717) is 12.3 Å². The SMILES string of the molecule is COC(=O)c1cc(N)cnc1OCCOc1ccccc1. The highest BCUT2D eigenvalue weighted by Crippen LogP contribution is 2.19. The zero-order chi connectivity index (χ0) is 15.1. The average Bonchev–Trinajstić information content (AvgIpc) is 2.53. The van der Waals surface area contributed by atoms with E-state index in [9.17, 15) is 4.79 Å². The number of hydrogen-bond donors (Lipinski definition) is 1. The molecular weight excluding hydrogens is 272 g/mol. The molecule has 2 N–H and O–H groups in total. The molecule has 0 unspecified atom stereocenters. The number of nitrogen functional groups attached to an aromatic ring is 1. The molecule has 6 heteroatoms. The molecule has 1 aromatic heterocycles. The number of benzene rings is 1. The van der Waals surface area contributed by atoms with Crippen molar-refractivity contribution in [1.29, 1.82) is 0 Å². The van der Waals surface area contributed by atoms with Gasteiger partial charge < -0.3 is 19.9 Å². The zero-order valence-electron chi connectivity index (χ0n) is 11.6. The van der Waals surface area contributed by atoms with E-state index in [1.54, 1.807) is 0 Å². The summed E-state index contributed by atoms with van der Waals surface area (Å²) >= 11 is 0. The molecule has 1 heterocycles. The number of para-hydroxylation sites is 1. The third-order valence-corrected chi connectivity index (χ3v) is 2.61. The van der Waals surface area contributed by atoms with E-state index in [4.69, 9.17) is 15.2 Å². The fourth-order valence-corrected chi connectivity index (χ4v) is 1.65. The van der Waals surface area contributed by atoms with Crippen molar-refractivity contribution in [3.8, 4) is 11.6 Å². The van der Waals surface area contributed by atoms with Crippen LogP contribution in [0, 0.1) is 0 Å². The Bertz CT molecular complexity index is 602. The van der Waals surface area contributed by atoms with Crippen LogP contribution in [0.3, 0.4) is 0 Å². The normalized spacial score (nSPS) is 9.95. The number of esters is 1. The molecule has 0 aliphatic rings. The van der Waals surface area contributed by atoms with Crippen LogP contribution in [0.25, 0.3) is 0 Å². The lowest BCUT2D eigenvalue weighted by molar-refractivity contribution is 0.0594. The van der Waals surface area contributed by atoms with Crippen molar-refractivity contribution < 1.29 is 19.0 Å². The zero-order valence-corrected chi connectivity index (χ0v) is 11.6. The molecule has 21 heavy (non-hydrogen) atoms. The first-order valence-corrected chi connectivity index (χ1v) is 6.35. The third kappa shape index (κ3) is 4.10. The third-order valence-electron chi connectivity index (χ3n) is 2.61. The minimum atomic E-state index is -0.547. The number of rotatable bonds is 6. The van der Waals surface area contributed by atoms with Gasteiger partial charge in [-0.15, -0.1) is 0 Å². The molecule has 0 amide bonds. The van der Waals surface area contributed by atoms with Crippen molar-refractivity contribution >= 4 is 11.7 Å². The van der Waals surface area contributed by atoms with Gasteiger partial charge in [-0.2, -0.15) is 0 Å². The van der Waals surface area contributed by atoms with Gasteiger partial charge in [0.15, 0.2) is 0 Å². The smallest absolute Gasteiger partial charge is 0.343 e. The second kappa shape index (κ2) is 7.14. The van der Waals surface area contributed by atoms with Gasteiger partial charge in [-0.3, -0.25) is 0 Å². The Labute approximate surface area is 122 Å². The molecule has 0 radical (unpaired) electrons. The fraction of sp³-hybridized carbons (Fsp3) is 0.200. The number of carbonyl (C=O) groups is 1. The van der Waals surface area contributed by atoms with Gasteiger partial charge >= 0.3 is 5.97 Å². The molecule has 2 aromatic rings. The first-order chi connectivity index (χ1) is 10.2. The molecule has 0 atom stereocenters. The van der Waals surface area contributed by atoms with Crippen LogP contribution in [-0.2, 0) is 4.74 Å². The molecule has 0 aliphatic carbocycles. The summed E-state index contributed by atoms with van der Waals surface area (Å²) in [5.41, 5.74) is 6.16. The Morgan fingerprint density at radius 3 is 2.62 bits per heavy atom. The molecule has 1 aromatic carbocycles. The van der Waals surface area contributed by atoms with Crippen LogP contribution in [-0.4, -0.2) is 31.3 Å². The van der Waals surface area contributed by atoms with Crippen molar-refractivity contribution in [3.63, 3.8) is 0 Å². The summed E-state index contributed by atoms with van der Waals surface area (Å²) in [5.74, 6) is 0.376. The van der Waals surface area contributed by atoms with E-state index >= 15 is 0 Å². The molecule has 0 saturated heterocycles. The Morgan fingerprint density at radius 1 is 1.19 bits per heavy atom. The quantitative estimate of drug-likeness (QED) is 0.645. The number of carbonyl (C=O) groups excluding carboxylic acids is 1. The van der Waals surface area contributed by atoms with Crippen molar-refractivity contribution in [1.82, 2.24) is 4.98 Å². The lowest BCUT2D eigenvalue weighted by atomic mass is 10.2. The first kappa shape index (κ1) is 14.6. The molecule has 0 fully saturated rings. The van der Waals surface area contributed by atoms with Crippen LogP contribution in [0.1, 0.15) is 10.4 Å². The van der Waals surface area contributed by atoms with Gasteiger partial charge in [-0.1, -0.05) is 18.2 Å². The highest BCUT2D eigenvalue weighted by atomic mass is 16.5. The number of ether oxygens (including phenoxy) is 3. The molecule has 110 valence electrons. The number of nitrogens with zero attached hydrogens (tertiary/aromatic N) is 1. The van der Waals surface area contributed by atoms with Gasteiger partial charge in [0.05, 0.1) is 19.0 Å². The van der Waals surface area contributed by atoms with Crippen molar-refractivity contribution in [3.05, 3.63) is 48.2 Å². The lowest BCUT2D eigenvalue weighted by Gasteiger charge is -2.10. The van der Waals surface area contributed by atoms with E-state index in [-0.39, 0.29) is 18.1 Å². The fourth-order valence-electron chi connectivity index (χ4n) is 1.65. The van der Waals surface area contributed by atoms with Crippen molar-refractivity contribution in [2.24, 2.45) is 0 Å². The minimum Gasteiger partial charge on any atom is -0.490 e. The van der Waals surface area contributed by atoms with Gasteiger partial charge in [-0.25, -0.2) is 9.78 Å². The Hall–Kier alpha value is -2.76. The monoisotopic (exact) mass is 288 g/mol. The molecular formula is C15H16N2O4. The molecule has 0 saturated carbocycles. The maximum Gasteiger partial charge on any atom is 0.343 e. The minimum absolute atomic E-state index is 0.174. The number of hydrogen-bond acceptors (Lipinski definition) is 6. The summed E-state index contributed by atoms with van der Waals surface area (Å²) in [6, 6.07) is 10.8. The predicted molar refractivity (Wildman–Crippen MR) is 77.4 cm³/mol. The summed E-state index contributed by atoms with van der Waals surface area (Å²) in [5, 5.41) is 0. The van der Waals surface area contributed by atoms with E-state index < -0.39 is 5.97 Å². The molecule has 0 spiro atoms. The maximum atomic E-state index is 11.6. The van der Waals surface area contributed by atoms with Crippen LogP contribution in [0.15, 0.2) is 42.6 Å². The topological polar surface area (TPSA) is 83.7 Å². The summed E-state index contributed by atoms with van der Waals surface area (Å²) in [4.78, 5) is 15.6. The van der Waals surface area contributed by atoms with Crippen molar-refractivity contribution in [2.45, 2.75) is 0 Å².